The quantitative estimate of drug-likeness (QED) is 0.389. The molecule has 0 heterocycles. The summed E-state index contributed by atoms with van der Waals surface area (Å²) in [5.74, 6) is 0. The van der Waals surface area contributed by atoms with Crippen molar-refractivity contribution in [1.82, 2.24) is 0 Å². The van der Waals surface area contributed by atoms with Gasteiger partial charge in [-0.05, 0) is 12.8 Å². The maximum Gasteiger partial charge on any atom is 0.431 e. The van der Waals surface area contributed by atoms with Crippen LogP contribution in [0.3, 0.4) is 0 Å². The van der Waals surface area contributed by atoms with Gasteiger partial charge in [0.05, 0.1) is 0 Å². The number of hydrogen-bond acceptors (Lipinski definition) is 0. The fourth-order valence-electron chi connectivity index (χ4n) is 1.42. The monoisotopic (exact) mass is 266 g/mol. The van der Waals surface area contributed by atoms with E-state index in [2.05, 4.69) is 0 Å². The van der Waals surface area contributed by atoms with E-state index in [1.807, 2.05) is 7.85 Å². The first-order valence-electron chi connectivity index (χ1n) is 5.38. The van der Waals surface area contributed by atoms with E-state index < -0.39 is 30.9 Å². The van der Waals surface area contributed by atoms with Gasteiger partial charge in [-0.2, -0.15) is 26.3 Å². The van der Waals surface area contributed by atoms with Crippen LogP contribution in [0.1, 0.15) is 32.1 Å². The van der Waals surface area contributed by atoms with Gasteiger partial charge >= 0.3 is 12.4 Å². The normalized spacial score (nSPS) is 14.1. The number of alkyl halides is 7. The van der Waals surface area contributed by atoms with Gasteiger partial charge in [0.1, 0.15) is 7.85 Å². The molecule has 0 saturated heterocycles. The van der Waals surface area contributed by atoms with E-state index in [1.165, 1.54) is 0 Å². The topological polar surface area (TPSA) is 0 Å². The molecule has 102 valence electrons. The molecule has 0 aromatic heterocycles. The lowest BCUT2D eigenvalue weighted by Crippen LogP contribution is -2.53. The Morgan fingerprint density at radius 3 is 1.41 bits per heavy atom. The zero-order chi connectivity index (χ0) is 13.7. The molecule has 0 radical (unpaired) electrons. The van der Waals surface area contributed by atoms with Gasteiger partial charge in [0, 0.05) is 0 Å². The van der Waals surface area contributed by atoms with Crippen LogP contribution in [0.5, 0.6) is 0 Å². The van der Waals surface area contributed by atoms with Crippen molar-refractivity contribution in [3.8, 4) is 0 Å². The highest BCUT2D eigenvalue weighted by Gasteiger charge is 2.71. The van der Waals surface area contributed by atoms with E-state index in [0.717, 1.165) is 12.7 Å². The maximum atomic E-state index is 13.1. The molecule has 0 nitrogen and oxygen atoms in total. The van der Waals surface area contributed by atoms with Gasteiger partial charge in [-0.15, -0.1) is 0 Å². The molecule has 0 spiro atoms. The van der Waals surface area contributed by atoms with Gasteiger partial charge in [-0.1, -0.05) is 25.6 Å². The van der Waals surface area contributed by atoms with E-state index in [9.17, 15) is 30.7 Å². The predicted molar refractivity (Wildman–Crippen MR) is 52.4 cm³/mol. The first-order valence-corrected chi connectivity index (χ1v) is 5.38. The fourth-order valence-corrected chi connectivity index (χ4v) is 1.42. The molecule has 0 atom stereocenters. The zero-order valence-electron chi connectivity index (χ0n) is 9.39. The van der Waals surface area contributed by atoms with Crippen molar-refractivity contribution in [2.24, 2.45) is 0 Å². The first kappa shape index (κ1) is 16.6. The summed E-state index contributed by atoms with van der Waals surface area (Å²) in [5, 5.41) is 0. The van der Waals surface area contributed by atoms with Crippen LogP contribution in [0.25, 0.3) is 0 Å². The van der Waals surface area contributed by atoms with Crippen molar-refractivity contribution in [1.29, 1.82) is 0 Å². The molecule has 17 heavy (non-hydrogen) atoms. The molecule has 0 bridgehead atoms. The Morgan fingerprint density at radius 2 is 1.06 bits per heavy atom. The zero-order valence-corrected chi connectivity index (χ0v) is 9.39. The standard InChI is InChI=1S/C9H14BF7/c10-6-4-2-1-3-5-7(11,8(12,13)14)9(15,16)17/h1-6,10H2. The Morgan fingerprint density at radius 1 is 0.647 bits per heavy atom. The molecule has 0 aliphatic carbocycles. The SMILES string of the molecule is BCCCCCCC(F)(C(F)(F)F)C(F)(F)F. The summed E-state index contributed by atoms with van der Waals surface area (Å²) in [7, 11) is 1.85. The predicted octanol–water partition coefficient (Wildman–Crippen LogP) is 3.82. The van der Waals surface area contributed by atoms with Gasteiger partial charge in [0.15, 0.2) is 0 Å². The van der Waals surface area contributed by atoms with Crippen LogP contribution in [0.4, 0.5) is 30.7 Å². The van der Waals surface area contributed by atoms with E-state index in [0.29, 0.717) is 6.42 Å². The molecule has 0 aliphatic heterocycles. The van der Waals surface area contributed by atoms with E-state index >= 15 is 0 Å². The van der Waals surface area contributed by atoms with Crippen LogP contribution in [0.2, 0.25) is 6.32 Å². The van der Waals surface area contributed by atoms with E-state index in [4.69, 9.17) is 0 Å². The molecule has 0 saturated carbocycles. The van der Waals surface area contributed by atoms with Crippen LogP contribution in [-0.4, -0.2) is 25.9 Å². The number of halogens is 7. The average molecular weight is 266 g/mol. The van der Waals surface area contributed by atoms with Crippen LogP contribution < -0.4 is 0 Å². The van der Waals surface area contributed by atoms with Crippen LogP contribution in [0.15, 0.2) is 0 Å². The fraction of sp³-hybridized carbons (Fsp3) is 1.00. The van der Waals surface area contributed by atoms with Gasteiger partial charge < -0.3 is 0 Å². The van der Waals surface area contributed by atoms with Crippen LogP contribution in [-0.2, 0) is 0 Å². The molecular formula is C9H14BF7. The minimum atomic E-state index is -5.91. The lowest BCUT2D eigenvalue weighted by atomic mass is 9.94. The highest BCUT2D eigenvalue weighted by Crippen LogP contribution is 2.49. The number of hydrogen-bond donors (Lipinski definition) is 0. The molecule has 0 rings (SSSR count). The third-order valence-corrected chi connectivity index (χ3v) is 2.52. The Bertz CT molecular complexity index is 206. The minimum absolute atomic E-state index is 0.172. The van der Waals surface area contributed by atoms with Crippen LogP contribution >= 0.6 is 0 Å². The second kappa shape index (κ2) is 5.95. The van der Waals surface area contributed by atoms with Crippen molar-refractivity contribution in [3.63, 3.8) is 0 Å². The Kier molecular flexibility index (Phi) is 5.80. The van der Waals surface area contributed by atoms with Gasteiger partial charge in [-0.25, -0.2) is 4.39 Å². The lowest BCUT2D eigenvalue weighted by Gasteiger charge is -2.29. The van der Waals surface area contributed by atoms with Gasteiger partial charge in [0.2, 0.25) is 0 Å². The molecule has 0 aromatic carbocycles. The van der Waals surface area contributed by atoms with Crippen molar-refractivity contribution in [2.45, 2.75) is 56.4 Å². The minimum Gasteiger partial charge on any atom is -0.224 e. The van der Waals surface area contributed by atoms with Crippen molar-refractivity contribution >= 4 is 7.85 Å². The first-order chi connectivity index (χ1) is 7.56. The average Bonchev–Trinajstić information content (AvgIpc) is 2.13. The molecule has 0 unspecified atom stereocenters. The summed E-state index contributed by atoms with van der Waals surface area (Å²) in [6, 6.07) is 0. The lowest BCUT2D eigenvalue weighted by molar-refractivity contribution is -0.343. The summed E-state index contributed by atoms with van der Waals surface area (Å²) in [6.45, 7) is 0. The third-order valence-electron chi connectivity index (χ3n) is 2.52. The van der Waals surface area contributed by atoms with Crippen molar-refractivity contribution in [2.75, 3.05) is 0 Å². The smallest absolute Gasteiger partial charge is 0.224 e. The molecule has 0 amide bonds. The number of rotatable bonds is 6. The van der Waals surface area contributed by atoms with E-state index in [-0.39, 0.29) is 6.42 Å². The molecule has 0 fully saturated rings. The molecule has 0 aliphatic rings. The van der Waals surface area contributed by atoms with Crippen LogP contribution in [0, 0.1) is 0 Å². The van der Waals surface area contributed by atoms with Crippen molar-refractivity contribution in [3.05, 3.63) is 0 Å². The molecule has 8 heteroatoms. The second-order valence-corrected chi connectivity index (χ2v) is 3.96. The highest BCUT2D eigenvalue weighted by molar-refractivity contribution is 6.08. The molecular weight excluding hydrogens is 252 g/mol. The van der Waals surface area contributed by atoms with Crippen molar-refractivity contribution < 1.29 is 30.7 Å². The Balaban J connectivity index is 4.44. The largest absolute Gasteiger partial charge is 0.431 e. The summed E-state index contributed by atoms with van der Waals surface area (Å²) in [4.78, 5) is 0. The Hall–Kier alpha value is -0.425. The summed E-state index contributed by atoms with van der Waals surface area (Å²) in [5.41, 5.74) is -5.08. The third kappa shape index (κ3) is 4.39. The summed E-state index contributed by atoms with van der Waals surface area (Å²) < 4.78 is 85.5. The molecule has 0 N–H and O–H groups in total. The van der Waals surface area contributed by atoms with Gasteiger partial charge in [-0.3, -0.25) is 0 Å². The van der Waals surface area contributed by atoms with E-state index in [1.54, 1.807) is 0 Å². The molecule has 0 aromatic rings. The summed E-state index contributed by atoms with van der Waals surface area (Å²) >= 11 is 0. The highest BCUT2D eigenvalue weighted by atomic mass is 19.4. The Labute approximate surface area is 96.0 Å². The summed E-state index contributed by atoms with van der Waals surface area (Å²) in [6.07, 6.45) is -11.6. The number of unbranched alkanes of at least 4 members (excludes halogenated alkanes) is 3. The second-order valence-electron chi connectivity index (χ2n) is 3.96. The maximum absolute atomic E-state index is 13.1. The van der Waals surface area contributed by atoms with Gasteiger partial charge in [0.25, 0.3) is 5.67 Å².